The molecule has 4 aromatic carbocycles. The summed E-state index contributed by atoms with van der Waals surface area (Å²) in [6.07, 6.45) is 21.5. The molecule has 18 heteroatoms. The largest absolute Gasteiger partial charge is 0.748 e. The first-order valence-corrected chi connectivity index (χ1v) is 32.1. The van der Waals surface area contributed by atoms with E-state index in [1.807, 2.05) is 18.2 Å². The third-order valence-electron chi connectivity index (χ3n) is 16.8. The lowest BCUT2D eigenvalue weighted by atomic mass is 9.81. The fourth-order valence-electron chi connectivity index (χ4n) is 12.6. The molecule has 3 N–H and O–H groups in total. The molecule has 0 atom stereocenters. The van der Waals surface area contributed by atoms with Gasteiger partial charge in [0.2, 0.25) is 11.4 Å². The van der Waals surface area contributed by atoms with Gasteiger partial charge in [-0.05, 0) is 102 Å². The number of para-hydroxylation sites is 4. The van der Waals surface area contributed by atoms with Gasteiger partial charge in [-0.25, -0.2) is 8.42 Å². The lowest BCUT2D eigenvalue weighted by Gasteiger charge is -2.27. The minimum Gasteiger partial charge on any atom is -0.748 e. The summed E-state index contributed by atoms with van der Waals surface area (Å²) in [5, 5.41) is 27.0. The maximum absolute atomic E-state index is 11.3. The van der Waals surface area contributed by atoms with Crippen LogP contribution >= 0.6 is 0 Å². The number of carboxylic acids is 3. The van der Waals surface area contributed by atoms with Crippen LogP contribution in [-0.2, 0) is 56.8 Å². The molecule has 0 fully saturated rings. The molecule has 4 aromatic rings. The first-order chi connectivity index (χ1) is 40.1. The molecular formula is C67H85N4O12S2+. The number of hydrogen-bond donors (Lipinski definition) is 3. The van der Waals surface area contributed by atoms with Gasteiger partial charge in [0, 0.05) is 120 Å². The van der Waals surface area contributed by atoms with Crippen LogP contribution in [-0.4, -0.2) is 111 Å². The van der Waals surface area contributed by atoms with Crippen molar-refractivity contribution in [1.82, 2.24) is 0 Å². The van der Waals surface area contributed by atoms with Crippen molar-refractivity contribution in [2.75, 3.05) is 41.7 Å². The van der Waals surface area contributed by atoms with Crippen molar-refractivity contribution in [2.45, 2.75) is 161 Å². The molecule has 0 aromatic heterocycles. The van der Waals surface area contributed by atoms with Crippen LogP contribution in [0.4, 0.5) is 22.7 Å². The third kappa shape index (κ3) is 16.8. The van der Waals surface area contributed by atoms with Crippen LogP contribution in [0.3, 0.4) is 0 Å². The van der Waals surface area contributed by atoms with Crippen LogP contribution in [0, 0.1) is 0 Å². The lowest BCUT2D eigenvalue weighted by molar-refractivity contribution is -0.438. The molecule has 0 spiro atoms. The molecule has 0 saturated heterocycles. The Balaban J connectivity index is 0.000000256. The quantitative estimate of drug-likeness (QED) is 0.0302. The Morgan fingerprint density at radius 2 is 0.812 bits per heavy atom. The minimum absolute atomic E-state index is 0.148. The molecule has 456 valence electrons. The van der Waals surface area contributed by atoms with E-state index in [1.54, 1.807) is 0 Å². The van der Waals surface area contributed by atoms with Crippen molar-refractivity contribution in [2.24, 2.45) is 0 Å². The van der Waals surface area contributed by atoms with Gasteiger partial charge in [-0.3, -0.25) is 14.4 Å². The van der Waals surface area contributed by atoms with Gasteiger partial charge < -0.3 is 29.7 Å². The standard InChI is InChI=1S/C35H44N2O4.C32H40N2O5S.O3S/c1-34(2)26-16-9-11-18-28(26)36(24-13-5-7-22-32(38)39)30(34)20-15-21-31-35(3,4)27-17-10-12-19-29(27)37(31)25-14-6-8-23-33(40)41;1-31(2)24-14-7-9-16-26(24)33(21-11-5-6-20-30(35)36)28(31)18-12-19-29-32(3,4)25-15-8-10-17-27(25)34(29)22-13-23-40(37,38)39;1-4(2)3/h9-12,15-21H,5-8,13-14,22-25H2,1-4H3,(H-,38,39,40,41);7-10,12,14-19H,5-6,11,13,20-23H2,1-4H3,(H-,35,36,37,38,39);/p+1. The zero-order valence-electron chi connectivity index (χ0n) is 50.6. The summed E-state index contributed by atoms with van der Waals surface area (Å²) in [6.45, 7) is 20.9. The number of unbranched alkanes of at least 4 members (excludes halogenated alkanes) is 6. The smallest absolute Gasteiger partial charge is 0.425 e. The lowest BCUT2D eigenvalue weighted by Crippen LogP contribution is -2.28. The third-order valence-corrected chi connectivity index (χ3v) is 17.6. The van der Waals surface area contributed by atoms with Crippen LogP contribution in [0.15, 0.2) is 145 Å². The topological polar surface area (TPSA) is 233 Å². The van der Waals surface area contributed by atoms with E-state index in [0.717, 1.165) is 69.6 Å². The number of nitrogens with zero attached hydrogens (tertiary/aromatic N) is 4. The van der Waals surface area contributed by atoms with E-state index < -0.39 is 38.6 Å². The van der Waals surface area contributed by atoms with Gasteiger partial charge in [0.1, 0.15) is 13.1 Å². The number of fused-ring (bicyclic) bond motifs is 4. The Labute approximate surface area is 504 Å². The monoisotopic (exact) mass is 1200 g/mol. The van der Waals surface area contributed by atoms with Gasteiger partial charge in [-0.2, -0.15) is 9.15 Å². The number of anilines is 2. The van der Waals surface area contributed by atoms with Crippen molar-refractivity contribution in [1.29, 1.82) is 0 Å². The summed E-state index contributed by atoms with van der Waals surface area (Å²) in [6, 6.07) is 33.8. The highest BCUT2D eigenvalue weighted by Crippen LogP contribution is 2.50. The molecule has 85 heavy (non-hydrogen) atoms. The van der Waals surface area contributed by atoms with Crippen LogP contribution in [0.5, 0.6) is 0 Å². The Morgan fingerprint density at radius 3 is 1.18 bits per heavy atom. The first-order valence-electron chi connectivity index (χ1n) is 29.5. The normalized spacial score (nSPS) is 17.6. The van der Waals surface area contributed by atoms with Gasteiger partial charge in [0.05, 0.1) is 20.9 Å². The van der Waals surface area contributed by atoms with Crippen LogP contribution in [0.2, 0.25) is 0 Å². The molecular weight excluding hydrogens is 1120 g/mol. The van der Waals surface area contributed by atoms with Gasteiger partial charge in [-0.15, -0.1) is 12.6 Å². The summed E-state index contributed by atoms with van der Waals surface area (Å²) >= 11 is 0. The fraction of sp³-hybridized carbons (Fsp3) is 0.448. The van der Waals surface area contributed by atoms with E-state index in [4.69, 9.17) is 27.9 Å². The number of carbonyl (C=O) groups is 3. The summed E-state index contributed by atoms with van der Waals surface area (Å²) < 4.78 is 63.7. The van der Waals surface area contributed by atoms with E-state index in [-0.39, 0.29) is 53.1 Å². The fourth-order valence-corrected chi connectivity index (χ4v) is 13.0. The highest BCUT2D eigenvalue weighted by Gasteiger charge is 2.46. The number of aliphatic carboxylic acids is 3. The van der Waals surface area contributed by atoms with Crippen molar-refractivity contribution < 1.29 is 64.5 Å². The Bertz CT molecular complexity index is 3510. The molecule has 4 aliphatic heterocycles. The molecule has 0 aliphatic carbocycles. The van der Waals surface area contributed by atoms with Gasteiger partial charge in [0.15, 0.2) is 11.4 Å². The SMILES string of the molecule is CC1(C)C(/C=C/C=C2/N(CCCCCC(=O)O)c3ccccc3C2(C)C)=[N+](CCCCCC(=O)O)c2ccccc21.CC1(C)C(/C=C/C=C2/N(CCCCCC(=O)O)c3ccccc3C2(C)C)=[N+](CCCS(=O)(=O)[O-])c2ccccc21.O=S(=O)=O. The molecule has 0 amide bonds. The van der Waals surface area contributed by atoms with Crippen molar-refractivity contribution in [3.05, 3.63) is 167 Å². The second kappa shape index (κ2) is 29.2. The number of rotatable bonds is 26. The summed E-state index contributed by atoms with van der Waals surface area (Å²) in [5.41, 5.74) is 13.7. The van der Waals surface area contributed by atoms with E-state index in [9.17, 15) is 27.4 Å². The van der Waals surface area contributed by atoms with Crippen LogP contribution in [0.1, 0.15) is 161 Å². The maximum atomic E-state index is 11.3. The number of allylic oxidation sites excluding steroid dienone is 8. The Kier molecular flexibility index (Phi) is 23.0. The van der Waals surface area contributed by atoms with Crippen molar-refractivity contribution in [3.63, 3.8) is 0 Å². The van der Waals surface area contributed by atoms with E-state index in [0.29, 0.717) is 25.8 Å². The Morgan fingerprint density at radius 1 is 0.482 bits per heavy atom. The first kappa shape index (κ1) is 66.9. The van der Waals surface area contributed by atoms with E-state index in [1.165, 1.54) is 56.4 Å². The van der Waals surface area contributed by atoms with E-state index >= 15 is 0 Å². The number of hydrogen-bond acceptors (Lipinski definition) is 11. The van der Waals surface area contributed by atoms with Gasteiger partial charge in [0.25, 0.3) is 0 Å². The zero-order chi connectivity index (χ0) is 62.3. The Hall–Kier alpha value is -7.28. The van der Waals surface area contributed by atoms with E-state index in [2.05, 4.69) is 190 Å². The summed E-state index contributed by atoms with van der Waals surface area (Å²) in [5.74, 6) is -2.60. The summed E-state index contributed by atoms with van der Waals surface area (Å²) in [4.78, 5) is 37.6. The molecule has 0 bridgehead atoms. The highest BCUT2D eigenvalue weighted by atomic mass is 32.2. The molecule has 4 aliphatic rings. The predicted molar refractivity (Wildman–Crippen MR) is 334 cm³/mol. The highest BCUT2D eigenvalue weighted by molar-refractivity contribution is 7.85. The summed E-state index contributed by atoms with van der Waals surface area (Å²) in [7, 11) is -7.39. The number of benzene rings is 4. The maximum Gasteiger partial charge on any atom is 0.425 e. The predicted octanol–water partition coefficient (Wildman–Crippen LogP) is 12.5. The van der Waals surface area contributed by atoms with Gasteiger partial charge in [-0.1, -0.05) is 125 Å². The van der Waals surface area contributed by atoms with Crippen molar-refractivity contribution >= 4 is 72.8 Å². The van der Waals surface area contributed by atoms with Crippen LogP contribution in [0.25, 0.3) is 0 Å². The zero-order valence-corrected chi connectivity index (χ0v) is 52.2. The van der Waals surface area contributed by atoms with Gasteiger partial charge >= 0.3 is 28.5 Å². The average molecular weight is 1200 g/mol. The minimum atomic E-state index is -4.28. The molecule has 0 saturated carbocycles. The molecule has 0 unspecified atom stereocenters. The van der Waals surface area contributed by atoms with Crippen LogP contribution < -0.4 is 9.80 Å². The average Bonchev–Trinajstić information content (AvgIpc) is 2.34. The molecule has 8 rings (SSSR count). The second-order valence-corrected chi connectivity index (χ2v) is 26.1. The molecule has 16 nitrogen and oxygen atoms in total. The molecule has 0 radical (unpaired) electrons. The second-order valence-electron chi connectivity index (χ2n) is 24.2. The number of carboxylic acid groups (broad SMARTS) is 3. The van der Waals surface area contributed by atoms with Crippen molar-refractivity contribution in [3.8, 4) is 0 Å². The molecule has 4 heterocycles.